The molecule has 1 amide bonds. The number of amides is 1. The highest BCUT2D eigenvalue weighted by molar-refractivity contribution is 5.96. The van der Waals surface area contributed by atoms with Gasteiger partial charge in [0.15, 0.2) is 5.69 Å². The molecule has 18 heavy (non-hydrogen) atoms. The third-order valence-corrected chi connectivity index (χ3v) is 2.39. The second-order valence-electron chi connectivity index (χ2n) is 4.32. The van der Waals surface area contributed by atoms with E-state index in [0.717, 1.165) is 6.42 Å². The maximum Gasteiger partial charge on any atom is 0.273 e. The van der Waals surface area contributed by atoms with E-state index in [1.807, 2.05) is 20.8 Å². The lowest BCUT2D eigenvalue weighted by Crippen LogP contribution is -2.26. The largest absolute Gasteiger partial charge is 0.396 e. The fraction of sp³-hybridized carbons (Fsp3) is 0.667. The number of nitrogens with zero attached hydrogens (tertiary/aromatic N) is 2. The van der Waals surface area contributed by atoms with E-state index in [1.54, 1.807) is 10.9 Å². The van der Waals surface area contributed by atoms with Crippen molar-refractivity contribution >= 4 is 11.6 Å². The molecule has 0 bridgehead atoms. The van der Waals surface area contributed by atoms with Crippen LogP contribution in [0.5, 0.6) is 0 Å². The van der Waals surface area contributed by atoms with E-state index in [2.05, 4.69) is 10.4 Å². The molecule has 0 saturated heterocycles. The zero-order valence-electron chi connectivity index (χ0n) is 11.3. The average molecular weight is 254 g/mol. The van der Waals surface area contributed by atoms with Crippen LogP contribution in [0.1, 0.15) is 37.7 Å². The Labute approximate surface area is 107 Å². The van der Waals surface area contributed by atoms with Crippen LogP contribution in [0.15, 0.2) is 6.20 Å². The van der Waals surface area contributed by atoms with Crippen molar-refractivity contribution in [2.45, 2.75) is 39.8 Å². The molecule has 0 aliphatic rings. The molecule has 0 radical (unpaired) electrons. The summed E-state index contributed by atoms with van der Waals surface area (Å²) in [6.07, 6.45) is 2.66. The molecule has 0 aliphatic heterocycles. The molecule has 1 heterocycles. The van der Waals surface area contributed by atoms with Crippen molar-refractivity contribution in [3.05, 3.63) is 11.9 Å². The lowest BCUT2D eigenvalue weighted by atomic mass is 10.3. The van der Waals surface area contributed by atoms with Gasteiger partial charge in [-0.2, -0.15) is 5.10 Å². The smallest absolute Gasteiger partial charge is 0.273 e. The van der Waals surface area contributed by atoms with Crippen LogP contribution in [-0.2, 0) is 11.3 Å². The summed E-state index contributed by atoms with van der Waals surface area (Å²) in [6, 6.07) is 0. The Hall–Kier alpha value is -1.56. The zero-order valence-corrected chi connectivity index (χ0v) is 11.3. The molecule has 0 spiro atoms. The van der Waals surface area contributed by atoms with Crippen molar-refractivity contribution in [3.8, 4) is 0 Å². The number of carbonyl (C=O) groups excluding carboxylic acids is 1. The number of hydrogen-bond donors (Lipinski definition) is 2. The van der Waals surface area contributed by atoms with Crippen LogP contribution in [0.3, 0.4) is 0 Å². The second kappa shape index (κ2) is 7.00. The minimum atomic E-state index is -0.232. The molecule has 0 unspecified atom stereocenters. The lowest BCUT2D eigenvalue weighted by Gasteiger charge is -2.07. The van der Waals surface area contributed by atoms with E-state index >= 15 is 0 Å². The highest BCUT2D eigenvalue weighted by Crippen LogP contribution is 2.08. The van der Waals surface area contributed by atoms with E-state index in [1.165, 1.54) is 0 Å². The molecule has 0 aliphatic carbocycles. The minimum absolute atomic E-state index is 0.219. The third-order valence-electron chi connectivity index (χ3n) is 2.39. The van der Waals surface area contributed by atoms with Crippen molar-refractivity contribution in [2.24, 2.45) is 0 Å². The highest BCUT2D eigenvalue weighted by Gasteiger charge is 2.13. The van der Waals surface area contributed by atoms with Crippen molar-refractivity contribution in [1.82, 2.24) is 15.1 Å². The van der Waals surface area contributed by atoms with E-state index in [0.29, 0.717) is 31.1 Å². The number of aromatic nitrogens is 2. The molecule has 6 heteroatoms. The van der Waals surface area contributed by atoms with Gasteiger partial charge in [0.2, 0.25) is 0 Å². The monoisotopic (exact) mass is 254 g/mol. The van der Waals surface area contributed by atoms with E-state index < -0.39 is 0 Å². The van der Waals surface area contributed by atoms with Crippen molar-refractivity contribution in [3.63, 3.8) is 0 Å². The Kier molecular flexibility index (Phi) is 5.64. The summed E-state index contributed by atoms with van der Waals surface area (Å²) in [5, 5.41) is 6.88. The summed E-state index contributed by atoms with van der Waals surface area (Å²) < 4.78 is 7.02. The van der Waals surface area contributed by atoms with Crippen LogP contribution in [0.2, 0.25) is 0 Å². The summed E-state index contributed by atoms with van der Waals surface area (Å²) in [6.45, 7) is 7.80. The van der Waals surface area contributed by atoms with Crippen LogP contribution in [0, 0.1) is 0 Å². The number of nitrogen functional groups attached to an aromatic ring is 1. The van der Waals surface area contributed by atoms with Gasteiger partial charge in [-0.1, -0.05) is 0 Å². The van der Waals surface area contributed by atoms with Gasteiger partial charge in [-0.3, -0.25) is 9.48 Å². The van der Waals surface area contributed by atoms with Gasteiger partial charge < -0.3 is 15.8 Å². The molecule has 102 valence electrons. The van der Waals surface area contributed by atoms with Gasteiger partial charge in [-0.15, -0.1) is 0 Å². The van der Waals surface area contributed by atoms with Crippen LogP contribution >= 0.6 is 0 Å². The highest BCUT2D eigenvalue weighted by atomic mass is 16.5. The number of ether oxygens (including phenoxy) is 1. The van der Waals surface area contributed by atoms with Crippen LogP contribution in [-0.4, -0.2) is 34.9 Å². The van der Waals surface area contributed by atoms with Gasteiger partial charge >= 0.3 is 0 Å². The molecular formula is C12H22N4O2. The fourth-order valence-electron chi connectivity index (χ4n) is 1.45. The van der Waals surface area contributed by atoms with Gasteiger partial charge in [-0.05, 0) is 27.2 Å². The van der Waals surface area contributed by atoms with Crippen molar-refractivity contribution < 1.29 is 9.53 Å². The summed E-state index contributed by atoms with van der Waals surface area (Å²) >= 11 is 0. The minimum Gasteiger partial charge on any atom is -0.396 e. The first kappa shape index (κ1) is 14.5. The SMILES string of the molecule is CCn1cc(N)c(C(=O)NCCCOC(C)C)n1. The molecule has 1 aromatic heterocycles. The molecular weight excluding hydrogens is 232 g/mol. The number of carbonyl (C=O) groups is 1. The fourth-order valence-corrected chi connectivity index (χ4v) is 1.45. The first-order valence-electron chi connectivity index (χ1n) is 6.27. The van der Waals surface area contributed by atoms with E-state index in [9.17, 15) is 4.79 Å². The van der Waals surface area contributed by atoms with Crippen LogP contribution < -0.4 is 11.1 Å². The topological polar surface area (TPSA) is 82.2 Å². The Morgan fingerprint density at radius 1 is 1.61 bits per heavy atom. The summed E-state index contributed by atoms with van der Waals surface area (Å²) in [5.41, 5.74) is 6.42. The van der Waals surface area contributed by atoms with Crippen molar-refractivity contribution in [1.29, 1.82) is 0 Å². The van der Waals surface area contributed by atoms with E-state index in [-0.39, 0.29) is 12.0 Å². The van der Waals surface area contributed by atoms with Gasteiger partial charge in [0.1, 0.15) is 0 Å². The molecule has 0 saturated carbocycles. The molecule has 0 atom stereocenters. The normalized spacial score (nSPS) is 10.9. The number of rotatable bonds is 7. The lowest BCUT2D eigenvalue weighted by molar-refractivity contribution is 0.0756. The first-order valence-corrected chi connectivity index (χ1v) is 6.27. The predicted molar refractivity (Wildman–Crippen MR) is 70.4 cm³/mol. The molecule has 3 N–H and O–H groups in total. The standard InChI is InChI=1S/C12H22N4O2/c1-4-16-8-10(13)11(15-16)12(17)14-6-5-7-18-9(2)3/h8-9H,4-7,13H2,1-3H3,(H,14,17). The zero-order chi connectivity index (χ0) is 13.5. The van der Waals surface area contributed by atoms with Gasteiger partial charge in [0, 0.05) is 25.9 Å². The number of nitrogens with one attached hydrogen (secondary N) is 1. The molecule has 6 nitrogen and oxygen atoms in total. The van der Waals surface area contributed by atoms with Gasteiger partial charge in [0.25, 0.3) is 5.91 Å². The quantitative estimate of drug-likeness (QED) is 0.712. The number of hydrogen-bond acceptors (Lipinski definition) is 4. The molecule has 1 rings (SSSR count). The Morgan fingerprint density at radius 3 is 2.89 bits per heavy atom. The van der Waals surface area contributed by atoms with Crippen LogP contribution in [0.4, 0.5) is 5.69 Å². The molecule has 1 aromatic rings. The number of anilines is 1. The Balaban J connectivity index is 2.34. The summed E-state index contributed by atoms with van der Waals surface area (Å²) in [7, 11) is 0. The maximum atomic E-state index is 11.8. The Morgan fingerprint density at radius 2 is 2.33 bits per heavy atom. The van der Waals surface area contributed by atoms with Gasteiger partial charge in [-0.25, -0.2) is 0 Å². The second-order valence-corrected chi connectivity index (χ2v) is 4.32. The first-order chi connectivity index (χ1) is 8.54. The van der Waals surface area contributed by atoms with E-state index in [4.69, 9.17) is 10.5 Å². The molecule has 0 fully saturated rings. The summed E-state index contributed by atoms with van der Waals surface area (Å²) in [4.78, 5) is 11.8. The summed E-state index contributed by atoms with van der Waals surface area (Å²) in [5.74, 6) is -0.232. The number of nitrogens with two attached hydrogens (primary N) is 1. The average Bonchev–Trinajstić information content (AvgIpc) is 2.69. The van der Waals surface area contributed by atoms with Crippen molar-refractivity contribution in [2.75, 3.05) is 18.9 Å². The Bertz CT molecular complexity index is 387. The predicted octanol–water partition coefficient (Wildman–Crippen LogP) is 1.03. The molecule has 0 aromatic carbocycles. The van der Waals surface area contributed by atoms with Crippen LogP contribution in [0.25, 0.3) is 0 Å². The van der Waals surface area contributed by atoms with Gasteiger partial charge in [0.05, 0.1) is 11.8 Å². The number of aryl methyl sites for hydroxylation is 1. The third kappa shape index (κ3) is 4.37. The maximum absolute atomic E-state index is 11.8.